The summed E-state index contributed by atoms with van der Waals surface area (Å²) >= 11 is 0. The molecule has 0 aliphatic carbocycles. The maximum Gasteiger partial charge on any atom is 0.239 e. The summed E-state index contributed by atoms with van der Waals surface area (Å²) in [5, 5.41) is 7.01. The molecule has 1 aromatic rings. The normalized spacial score (nSPS) is 19.9. The van der Waals surface area contributed by atoms with Gasteiger partial charge in [0.05, 0.1) is 13.2 Å². The second-order valence-electron chi connectivity index (χ2n) is 4.88. The van der Waals surface area contributed by atoms with Gasteiger partial charge in [-0.25, -0.2) is 0 Å². The van der Waals surface area contributed by atoms with Gasteiger partial charge in [0.25, 0.3) is 0 Å². The second kappa shape index (κ2) is 7.25. The van der Waals surface area contributed by atoms with Crippen LogP contribution in [-0.4, -0.2) is 59.5 Å². The van der Waals surface area contributed by atoms with Gasteiger partial charge >= 0.3 is 0 Å². The molecule has 1 aliphatic rings. The molecule has 1 fully saturated rings. The van der Waals surface area contributed by atoms with Crippen LogP contribution >= 0.6 is 0 Å². The van der Waals surface area contributed by atoms with Crippen LogP contribution < -0.4 is 11.1 Å². The molecule has 0 spiro atoms. The Balaban J connectivity index is 1.81. The third kappa shape index (κ3) is 3.94. The molecule has 3 N–H and O–H groups in total. The number of nitrogens with one attached hydrogen (secondary N) is 1. The van der Waals surface area contributed by atoms with Crippen molar-refractivity contribution >= 4 is 11.7 Å². The fourth-order valence-corrected chi connectivity index (χ4v) is 2.38. The number of aryl methyl sites for hydroxylation is 1. The Bertz CT molecular complexity index is 434. The standard InChI is InChI=1S/C13H23N5O2/c1-2-15-13(19)11-10-20-9-8-17(11)5-3-6-18-7-4-12(14)16-18/h4,7,11H,2-3,5-6,8-10H2,1H3,(H2,14,16)(H,15,19). The van der Waals surface area contributed by atoms with E-state index in [1.165, 1.54) is 0 Å². The van der Waals surface area contributed by atoms with Crippen LogP contribution in [0.15, 0.2) is 12.3 Å². The van der Waals surface area contributed by atoms with E-state index in [1.54, 1.807) is 6.07 Å². The molecule has 7 heteroatoms. The Morgan fingerprint density at radius 3 is 3.15 bits per heavy atom. The summed E-state index contributed by atoms with van der Waals surface area (Å²) < 4.78 is 7.24. The van der Waals surface area contributed by atoms with E-state index < -0.39 is 0 Å². The zero-order valence-corrected chi connectivity index (χ0v) is 11.9. The molecule has 20 heavy (non-hydrogen) atoms. The van der Waals surface area contributed by atoms with Crippen molar-refractivity contribution in [2.45, 2.75) is 25.9 Å². The molecule has 1 saturated heterocycles. The first-order chi connectivity index (χ1) is 9.70. The lowest BCUT2D eigenvalue weighted by molar-refractivity contribution is -0.132. The van der Waals surface area contributed by atoms with Crippen LogP contribution in [0.25, 0.3) is 0 Å². The Labute approximate surface area is 119 Å². The molecular weight excluding hydrogens is 258 g/mol. The third-order valence-electron chi connectivity index (χ3n) is 3.39. The summed E-state index contributed by atoms with van der Waals surface area (Å²) in [5.74, 6) is 0.590. The number of nitrogens with zero attached hydrogens (tertiary/aromatic N) is 3. The van der Waals surface area contributed by atoms with E-state index in [0.29, 0.717) is 25.6 Å². The lowest BCUT2D eigenvalue weighted by Crippen LogP contribution is -2.54. The highest BCUT2D eigenvalue weighted by atomic mass is 16.5. The van der Waals surface area contributed by atoms with E-state index in [-0.39, 0.29) is 11.9 Å². The van der Waals surface area contributed by atoms with Crippen molar-refractivity contribution in [2.75, 3.05) is 38.6 Å². The van der Waals surface area contributed by atoms with Crippen LogP contribution in [0.4, 0.5) is 5.82 Å². The van der Waals surface area contributed by atoms with Gasteiger partial charge in [-0.05, 0) is 19.4 Å². The number of aromatic nitrogens is 2. The number of rotatable bonds is 6. The van der Waals surface area contributed by atoms with Crippen molar-refractivity contribution in [1.82, 2.24) is 20.0 Å². The fourth-order valence-electron chi connectivity index (χ4n) is 2.38. The molecular formula is C13H23N5O2. The predicted molar refractivity (Wildman–Crippen MR) is 76.1 cm³/mol. The van der Waals surface area contributed by atoms with Crippen molar-refractivity contribution in [3.63, 3.8) is 0 Å². The molecule has 0 aromatic carbocycles. The van der Waals surface area contributed by atoms with Gasteiger partial charge in [0.15, 0.2) is 0 Å². The first kappa shape index (κ1) is 14.8. The first-order valence-corrected chi connectivity index (χ1v) is 7.09. The Morgan fingerprint density at radius 2 is 2.45 bits per heavy atom. The SMILES string of the molecule is CCNC(=O)C1COCCN1CCCn1ccc(N)n1. The molecule has 7 nitrogen and oxygen atoms in total. The molecule has 0 saturated carbocycles. The van der Waals surface area contributed by atoms with Crippen LogP contribution in [0, 0.1) is 0 Å². The van der Waals surface area contributed by atoms with Crippen molar-refractivity contribution in [2.24, 2.45) is 0 Å². The lowest BCUT2D eigenvalue weighted by atomic mass is 10.2. The number of morpholine rings is 1. The Kier molecular flexibility index (Phi) is 5.37. The molecule has 1 aliphatic heterocycles. The van der Waals surface area contributed by atoms with Gasteiger partial charge in [-0.15, -0.1) is 0 Å². The van der Waals surface area contributed by atoms with Gasteiger partial charge in [-0.3, -0.25) is 14.4 Å². The molecule has 1 unspecified atom stereocenters. The van der Waals surface area contributed by atoms with E-state index in [0.717, 1.165) is 26.1 Å². The minimum Gasteiger partial charge on any atom is -0.382 e. The molecule has 1 atom stereocenters. The number of ether oxygens (including phenoxy) is 1. The number of carbonyl (C=O) groups is 1. The van der Waals surface area contributed by atoms with Crippen LogP contribution in [0.1, 0.15) is 13.3 Å². The zero-order chi connectivity index (χ0) is 14.4. The number of hydrogen-bond acceptors (Lipinski definition) is 5. The number of carbonyl (C=O) groups excluding carboxylic acids is 1. The largest absolute Gasteiger partial charge is 0.382 e. The number of anilines is 1. The van der Waals surface area contributed by atoms with Gasteiger partial charge in [0, 0.05) is 32.4 Å². The smallest absolute Gasteiger partial charge is 0.239 e. The van der Waals surface area contributed by atoms with E-state index in [2.05, 4.69) is 15.3 Å². The lowest BCUT2D eigenvalue weighted by Gasteiger charge is -2.34. The van der Waals surface area contributed by atoms with E-state index >= 15 is 0 Å². The van der Waals surface area contributed by atoms with Crippen LogP contribution in [0.5, 0.6) is 0 Å². The summed E-state index contributed by atoms with van der Waals surface area (Å²) in [6.45, 7) is 6.18. The van der Waals surface area contributed by atoms with Crippen LogP contribution in [0.3, 0.4) is 0 Å². The van der Waals surface area contributed by atoms with Crippen LogP contribution in [-0.2, 0) is 16.1 Å². The molecule has 1 aromatic heterocycles. The van der Waals surface area contributed by atoms with E-state index in [1.807, 2.05) is 17.8 Å². The van der Waals surface area contributed by atoms with Crippen molar-refractivity contribution in [3.8, 4) is 0 Å². The molecule has 1 amide bonds. The average molecular weight is 281 g/mol. The number of hydrogen-bond donors (Lipinski definition) is 2. The summed E-state index contributed by atoms with van der Waals surface area (Å²) in [4.78, 5) is 14.2. The van der Waals surface area contributed by atoms with Crippen molar-refractivity contribution in [1.29, 1.82) is 0 Å². The molecule has 112 valence electrons. The highest BCUT2D eigenvalue weighted by Crippen LogP contribution is 2.08. The van der Waals surface area contributed by atoms with Gasteiger partial charge in [0.1, 0.15) is 11.9 Å². The Morgan fingerprint density at radius 1 is 1.60 bits per heavy atom. The molecule has 2 heterocycles. The van der Waals surface area contributed by atoms with Gasteiger partial charge < -0.3 is 15.8 Å². The minimum atomic E-state index is -0.175. The van der Waals surface area contributed by atoms with Gasteiger partial charge in [-0.2, -0.15) is 5.10 Å². The summed E-state index contributed by atoms with van der Waals surface area (Å²) in [6, 6.07) is 1.61. The predicted octanol–water partition coefficient (Wildman–Crippen LogP) is -0.308. The summed E-state index contributed by atoms with van der Waals surface area (Å²) in [5.41, 5.74) is 5.58. The highest BCUT2D eigenvalue weighted by molar-refractivity contribution is 5.81. The van der Waals surface area contributed by atoms with E-state index in [4.69, 9.17) is 10.5 Å². The third-order valence-corrected chi connectivity index (χ3v) is 3.39. The van der Waals surface area contributed by atoms with Crippen molar-refractivity contribution < 1.29 is 9.53 Å². The topological polar surface area (TPSA) is 85.4 Å². The number of nitrogens with two attached hydrogens (primary N) is 1. The van der Waals surface area contributed by atoms with Gasteiger partial charge in [-0.1, -0.05) is 0 Å². The molecule has 0 bridgehead atoms. The maximum absolute atomic E-state index is 12.0. The second-order valence-corrected chi connectivity index (χ2v) is 4.88. The first-order valence-electron chi connectivity index (χ1n) is 7.09. The van der Waals surface area contributed by atoms with Crippen molar-refractivity contribution in [3.05, 3.63) is 12.3 Å². The maximum atomic E-state index is 12.0. The van der Waals surface area contributed by atoms with Crippen LogP contribution in [0.2, 0.25) is 0 Å². The average Bonchev–Trinajstić information content (AvgIpc) is 2.85. The number of nitrogen functional groups attached to an aromatic ring is 1. The fraction of sp³-hybridized carbons (Fsp3) is 0.692. The van der Waals surface area contributed by atoms with E-state index in [9.17, 15) is 4.79 Å². The monoisotopic (exact) mass is 281 g/mol. The Hall–Kier alpha value is -1.60. The zero-order valence-electron chi connectivity index (χ0n) is 11.9. The van der Waals surface area contributed by atoms with Gasteiger partial charge in [0.2, 0.25) is 5.91 Å². The number of likely N-dealkylation sites (N-methyl/N-ethyl adjacent to an activating group) is 1. The molecule has 0 radical (unpaired) electrons. The summed E-state index contributed by atoms with van der Waals surface area (Å²) in [7, 11) is 0. The number of amides is 1. The summed E-state index contributed by atoms with van der Waals surface area (Å²) in [6.07, 6.45) is 2.80. The minimum absolute atomic E-state index is 0.0514. The highest BCUT2D eigenvalue weighted by Gasteiger charge is 2.28. The molecule has 2 rings (SSSR count). The quantitative estimate of drug-likeness (QED) is 0.747.